The summed E-state index contributed by atoms with van der Waals surface area (Å²) in [5.41, 5.74) is 3.67. The highest BCUT2D eigenvalue weighted by Crippen LogP contribution is 2.33. The topological polar surface area (TPSA) is 57.4 Å². The Morgan fingerprint density at radius 1 is 0.679 bits per heavy atom. The third-order valence-corrected chi connectivity index (χ3v) is 5.06. The zero-order valence-corrected chi connectivity index (χ0v) is 15.5. The SMILES string of the molecule is Fc1cc2[nH]c(-c3ccccc3-c3nc4cc(Cl)c(F)cc4[nH]3)nc2cc1Cl. The van der Waals surface area contributed by atoms with Gasteiger partial charge >= 0.3 is 0 Å². The summed E-state index contributed by atoms with van der Waals surface area (Å²) in [6.45, 7) is 0. The number of halogens is 4. The lowest BCUT2D eigenvalue weighted by atomic mass is 10.1. The molecular formula is C20H10Cl2F2N4. The molecular weight excluding hydrogens is 405 g/mol. The van der Waals surface area contributed by atoms with Crippen LogP contribution in [-0.4, -0.2) is 19.9 Å². The highest BCUT2D eigenvalue weighted by atomic mass is 35.5. The predicted molar refractivity (Wildman–Crippen MR) is 107 cm³/mol. The molecule has 0 saturated carbocycles. The molecule has 4 nitrogen and oxygen atoms in total. The van der Waals surface area contributed by atoms with Gasteiger partial charge in [0.25, 0.3) is 0 Å². The minimum Gasteiger partial charge on any atom is -0.338 e. The Balaban J connectivity index is 1.69. The molecule has 0 bridgehead atoms. The molecule has 2 N–H and O–H groups in total. The predicted octanol–water partition coefficient (Wildman–Crippen LogP) is 6.36. The molecule has 0 radical (unpaired) electrons. The largest absolute Gasteiger partial charge is 0.338 e. The fraction of sp³-hybridized carbons (Fsp3) is 0. The van der Waals surface area contributed by atoms with Gasteiger partial charge in [-0.15, -0.1) is 0 Å². The van der Waals surface area contributed by atoms with E-state index in [0.29, 0.717) is 33.7 Å². The van der Waals surface area contributed by atoms with E-state index in [2.05, 4.69) is 19.9 Å². The number of imidazole rings is 2. The van der Waals surface area contributed by atoms with Crippen LogP contribution in [0.4, 0.5) is 8.78 Å². The van der Waals surface area contributed by atoms with Crippen molar-refractivity contribution in [3.63, 3.8) is 0 Å². The smallest absolute Gasteiger partial charge is 0.144 e. The number of H-pyrrole nitrogens is 2. The molecule has 138 valence electrons. The van der Waals surface area contributed by atoms with Gasteiger partial charge in [-0.3, -0.25) is 0 Å². The van der Waals surface area contributed by atoms with Crippen LogP contribution in [0.2, 0.25) is 10.0 Å². The maximum Gasteiger partial charge on any atom is 0.144 e. The lowest BCUT2D eigenvalue weighted by Gasteiger charge is -2.04. The van der Waals surface area contributed by atoms with Crippen LogP contribution in [-0.2, 0) is 0 Å². The third-order valence-electron chi connectivity index (χ3n) is 4.49. The van der Waals surface area contributed by atoms with E-state index in [0.717, 1.165) is 11.1 Å². The second-order valence-corrected chi connectivity index (χ2v) is 7.10. The van der Waals surface area contributed by atoms with Crippen molar-refractivity contribution in [3.8, 4) is 22.8 Å². The molecule has 0 aliphatic rings. The summed E-state index contributed by atoms with van der Waals surface area (Å²) in [5, 5.41) is 0.0186. The first-order chi connectivity index (χ1) is 13.5. The Labute approximate surface area is 167 Å². The van der Waals surface area contributed by atoms with Gasteiger partial charge in [-0.2, -0.15) is 0 Å². The van der Waals surface area contributed by atoms with Crippen molar-refractivity contribution in [2.45, 2.75) is 0 Å². The summed E-state index contributed by atoms with van der Waals surface area (Å²) in [4.78, 5) is 15.3. The summed E-state index contributed by atoms with van der Waals surface area (Å²) in [5.74, 6) is 0.0385. The molecule has 0 aliphatic carbocycles. The molecule has 0 spiro atoms. The highest BCUT2D eigenvalue weighted by Gasteiger charge is 2.16. The van der Waals surface area contributed by atoms with Gasteiger partial charge in [0, 0.05) is 23.3 Å². The molecule has 0 aliphatic heterocycles. The number of nitrogens with zero attached hydrogens (tertiary/aromatic N) is 2. The number of aromatic amines is 2. The van der Waals surface area contributed by atoms with E-state index in [9.17, 15) is 8.78 Å². The molecule has 0 unspecified atom stereocenters. The van der Waals surface area contributed by atoms with Crippen molar-refractivity contribution in [1.29, 1.82) is 0 Å². The molecule has 5 rings (SSSR count). The van der Waals surface area contributed by atoms with Crippen LogP contribution in [0, 0.1) is 11.6 Å². The molecule has 5 aromatic rings. The van der Waals surface area contributed by atoms with E-state index in [1.54, 1.807) is 0 Å². The van der Waals surface area contributed by atoms with Gasteiger partial charge in [0.05, 0.1) is 32.1 Å². The van der Waals surface area contributed by atoms with Crippen LogP contribution < -0.4 is 0 Å². The van der Waals surface area contributed by atoms with Gasteiger partial charge in [0.2, 0.25) is 0 Å². The zero-order valence-electron chi connectivity index (χ0n) is 14.0. The van der Waals surface area contributed by atoms with E-state index in [1.807, 2.05) is 24.3 Å². The first kappa shape index (κ1) is 17.2. The van der Waals surface area contributed by atoms with E-state index >= 15 is 0 Å². The number of rotatable bonds is 2. The van der Waals surface area contributed by atoms with E-state index < -0.39 is 11.6 Å². The normalized spacial score (nSPS) is 11.6. The summed E-state index contributed by atoms with van der Waals surface area (Å²) in [7, 11) is 0. The van der Waals surface area contributed by atoms with Gasteiger partial charge < -0.3 is 9.97 Å². The standard InChI is InChI=1S/C20H10Cl2F2N4/c21-11-5-15-17(7-13(11)23)27-19(25-15)9-3-1-2-4-10(9)20-26-16-6-12(22)14(24)8-18(16)28-20/h1-8H,(H,25,27)(H,26,28). The second-order valence-electron chi connectivity index (χ2n) is 6.28. The number of fused-ring (bicyclic) bond motifs is 2. The third kappa shape index (κ3) is 2.73. The molecule has 0 saturated heterocycles. The minimum atomic E-state index is -0.520. The fourth-order valence-electron chi connectivity index (χ4n) is 3.16. The van der Waals surface area contributed by atoms with Gasteiger partial charge in [-0.25, -0.2) is 18.7 Å². The Bertz CT molecular complexity index is 1190. The lowest BCUT2D eigenvalue weighted by Crippen LogP contribution is -1.88. The summed E-state index contributed by atoms with van der Waals surface area (Å²) < 4.78 is 27.5. The zero-order chi connectivity index (χ0) is 19.4. The number of hydrogen-bond donors (Lipinski definition) is 2. The molecule has 8 heteroatoms. The van der Waals surface area contributed by atoms with Crippen molar-refractivity contribution in [1.82, 2.24) is 19.9 Å². The van der Waals surface area contributed by atoms with E-state index in [1.165, 1.54) is 24.3 Å². The molecule has 0 fully saturated rings. The minimum absolute atomic E-state index is 0.00928. The van der Waals surface area contributed by atoms with Crippen molar-refractivity contribution in [2.24, 2.45) is 0 Å². The van der Waals surface area contributed by atoms with Gasteiger partial charge in [-0.05, 0) is 12.1 Å². The Hall–Kier alpha value is -2.96. The molecule has 28 heavy (non-hydrogen) atoms. The van der Waals surface area contributed by atoms with Gasteiger partial charge in [0.15, 0.2) is 0 Å². The van der Waals surface area contributed by atoms with Crippen molar-refractivity contribution >= 4 is 45.3 Å². The van der Waals surface area contributed by atoms with Crippen molar-refractivity contribution in [3.05, 3.63) is 70.2 Å². The van der Waals surface area contributed by atoms with Crippen LogP contribution in [0.25, 0.3) is 44.8 Å². The maximum atomic E-state index is 13.8. The molecule has 0 amide bonds. The summed E-state index contributed by atoms with van der Waals surface area (Å²) in [6, 6.07) is 13.0. The molecule has 3 aromatic carbocycles. The van der Waals surface area contributed by atoms with E-state index in [-0.39, 0.29) is 10.0 Å². The monoisotopic (exact) mass is 414 g/mol. The van der Waals surface area contributed by atoms with Crippen LogP contribution in [0.3, 0.4) is 0 Å². The highest BCUT2D eigenvalue weighted by molar-refractivity contribution is 6.31. The van der Waals surface area contributed by atoms with Gasteiger partial charge in [-0.1, -0.05) is 47.5 Å². The average Bonchev–Trinajstić information content (AvgIpc) is 3.26. The van der Waals surface area contributed by atoms with Crippen LogP contribution >= 0.6 is 23.2 Å². The van der Waals surface area contributed by atoms with Crippen molar-refractivity contribution < 1.29 is 8.78 Å². The van der Waals surface area contributed by atoms with E-state index in [4.69, 9.17) is 23.2 Å². The Kier molecular flexibility index (Phi) is 3.86. The van der Waals surface area contributed by atoms with Crippen molar-refractivity contribution in [2.75, 3.05) is 0 Å². The fourth-order valence-corrected chi connectivity index (χ4v) is 3.48. The van der Waals surface area contributed by atoms with Crippen LogP contribution in [0.15, 0.2) is 48.5 Å². The molecule has 2 heterocycles. The first-order valence-corrected chi connectivity index (χ1v) is 9.04. The number of aromatic nitrogens is 4. The number of benzene rings is 3. The Morgan fingerprint density at radius 3 is 1.54 bits per heavy atom. The summed E-state index contributed by atoms with van der Waals surface area (Å²) in [6.07, 6.45) is 0. The quantitative estimate of drug-likeness (QED) is 0.353. The molecule has 2 aromatic heterocycles. The summed E-state index contributed by atoms with van der Waals surface area (Å²) >= 11 is 11.7. The number of nitrogens with one attached hydrogen (secondary N) is 2. The Morgan fingerprint density at radius 2 is 1.11 bits per heavy atom. The molecule has 0 atom stereocenters. The maximum absolute atomic E-state index is 13.8. The average molecular weight is 415 g/mol. The van der Waals surface area contributed by atoms with Crippen LogP contribution in [0.1, 0.15) is 0 Å². The second kappa shape index (κ2) is 6.29. The lowest BCUT2D eigenvalue weighted by molar-refractivity contribution is 0.629. The first-order valence-electron chi connectivity index (χ1n) is 8.29. The van der Waals surface area contributed by atoms with Crippen LogP contribution in [0.5, 0.6) is 0 Å². The number of hydrogen-bond acceptors (Lipinski definition) is 2. The van der Waals surface area contributed by atoms with Gasteiger partial charge in [0.1, 0.15) is 23.3 Å².